The van der Waals surface area contributed by atoms with Gasteiger partial charge in [0.15, 0.2) is 11.7 Å². The van der Waals surface area contributed by atoms with Crippen molar-refractivity contribution in [2.24, 2.45) is 4.99 Å². The third-order valence-electron chi connectivity index (χ3n) is 2.72. The van der Waals surface area contributed by atoms with E-state index in [0.717, 1.165) is 33.2 Å². The normalized spacial score (nSPS) is 12.4. The highest BCUT2D eigenvalue weighted by Gasteiger charge is 2.33. The van der Waals surface area contributed by atoms with E-state index in [2.05, 4.69) is 25.6 Å². The molecule has 0 saturated heterocycles. The Labute approximate surface area is 149 Å². The molecule has 0 fully saturated rings. The van der Waals surface area contributed by atoms with Gasteiger partial charge in [-0.1, -0.05) is 11.8 Å². The van der Waals surface area contributed by atoms with E-state index in [1.807, 2.05) is 5.38 Å². The molecule has 0 radical (unpaired) electrons. The quantitative estimate of drug-likeness (QED) is 0.325. The molecule has 0 aliphatic carbocycles. The van der Waals surface area contributed by atoms with E-state index in [0.29, 0.717) is 17.5 Å². The maximum atomic E-state index is 12.5. The summed E-state index contributed by atoms with van der Waals surface area (Å²) >= 11 is 4.28. The van der Waals surface area contributed by atoms with E-state index in [9.17, 15) is 13.2 Å². The molecule has 5 nitrogen and oxygen atoms in total. The van der Waals surface area contributed by atoms with Crippen molar-refractivity contribution in [3.8, 4) is 0 Å². The summed E-state index contributed by atoms with van der Waals surface area (Å²) in [7, 11) is 1.61. The molecule has 2 aromatic rings. The molecule has 0 aromatic carbocycles. The van der Waals surface area contributed by atoms with Crippen LogP contribution in [0, 0.1) is 0 Å². The fourth-order valence-corrected chi connectivity index (χ4v) is 4.01. The number of hydrogen-bond donors (Lipinski definition) is 2. The number of rotatable bonds is 7. The van der Waals surface area contributed by atoms with E-state index in [4.69, 9.17) is 0 Å². The van der Waals surface area contributed by atoms with Gasteiger partial charge >= 0.3 is 6.18 Å². The minimum atomic E-state index is -4.40. The van der Waals surface area contributed by atoms with Gasteiger partial charge in [-0.3, -0.25) is 4.99 Å². The number of nitrogens with one attached hydrogen (secondary N) is 2. The van der Waals surface area contributed by atoms with Crippen LogP contribution in [-0.4, -0.2) is 35.3 Å². The molecule has 0 aliphatic heterocycles. The highest BCUT2D eigenvalue weighted by Crippen LogP contribution is 2.29. The van der Waals surface area contributed by atoms with Gasteiger partial charge in [-0.05, 0) is 6.42 Å². The van der Waals surface area contributed by atoms with Crippen LogP contribution in [0.3, 0.4) is 0 Å². The van der Waals surface area contributed by atoms with Crippen LogP contribution >= 0.6 is 34.4 Å². The van der Waals surface area contributed by atoms with Gasteiger partial charge < -0.3 is 10.6 Å². The number of guanidine groups is 1. The molecule has 11 heteroatoms. The molecule has 24 heavy (non-hydrogen) atoms. The van der Waals surface area contributed by atoms with Crippen molar-refractivity contribution in [1.82, 2.24) is 20.6 Å². The Morgan fingerprint density at radius 3 is 2.79 bits per heavy atom. The van der Waals surface area contributed by atoms with Gasteiger partial charge in [0.1, 0.15) is 9.35 Å². The van der Waals surface area contributed by atoms with E-state index < -0.39 is 11.9 Å². The zero-order chi connectivity index (χ0) is 17.4. The summed E-state index contributed by atoms with van der Waals surface area (Å²) in [6.07, 6.45) is -1.70. The summed E-state index contributed by atoms with van der Waals surface area (Å²) in [4.78, 5) is 11.8. The van der Waals surface area contributed by atoms with Gasteiger partial charge in [0, 0.05) is 36.3 Å². The van der Waals surface area contributed by atoms with Crippen molar-refractivity contribution in [1.29, 1.82) is 0 Å². The average Bonchev–Trinajstić information content (AvgIpc) is 3.20. The summed E-state index contributed by atoms with van der Waals surface area (Å²) in [6, 6.07) is 0. The molecule has 0 unspecified atom stereocenters. The van der Waals surface area contributed by atoms with Crippen LogP contribution < -0.4 is 10.6 Å². The highest BCUT2D eigenvalue weighted by molar-refractivity contribution is 8.00. The van der Waals surface area contributed by atoms with Gasteiger partial charge in [-0.25, -0.2) is 9.97 Å². The first-order chi connectivity index (χ1) is 11.5. The smallest absolute Gasteiger partial charge is 0.356 e. The fourth-order valence-electron chi connectivity index (χ4n) is 1.62. The molecule has 2 N–H and O–H groups in total. The van der Waals surface area contributed by atoms with Gasteiger partial charge in [0.2, 0.25) is 0 Å². The fraction of sp³-hybridized carbons (Fsp3) is 0.462. The second kappa shape index (κ2) is 9.23. The number of thioether (sulfide) groups is 1. The van der Waals surface area contributed by atoms with Crippen molar-refractivity contribution < 1.29 is 13.2 Å². The number of alkyl halides is 3. The van der Waals surface area contributed by atoms with Crippen LogP contribution in [-0.2, 0) is 12.7 Å². The van der Waals surface area contributed by atoms with Crippen LogP contribution in [0.4, 0.5) is 13.2 Å². The Bertz CT molecular complexity index is 640. The van der Waals surface area contributed by atoms with Crippen molar-refractivity contribution >= 4 is 40.4 Å². The van der Waals surface area contributed by atoms with Crippen LogP contribution in [0.1, 0.15) is 17.1 Å². The van der Waals surface area contributed by atoms with Crippen LogP contribution in [0.5, 0.6) is 0 Å². The first kappa shape index (κ1) is 19.0. The third kappa shape index (κ3) is 6.29. The maximum absolute atomic E-state index is 12.5. The van der Waals surface area contributed by atoms with E-state index in [1.54, 1.807) is 36.3 Å². The second-order valence-electron chi connectivity index (χ2n) is 4.48. The molecule has 0 saturated carbocycles. The Kier molecular flexibility index (Phi) is 7.31. The van der Waals surface area contributed by atoms with Gasteiger partial charge in [0.25, 0.3) is 0 Å². The van der Waals surface area contributed by atoms with Crippen LogP contribution in [0.15, 0.2) is 26.3 Å². The monoisotopic (exact) mass is 395 g/mol. The molecule has 0 spiro atoms. The molecule has 2 aromatic heterocycles. The van der Waals surface area contributed by atoms with E-state index in [-0.39, 0.29) is 6.54 Å². The van der Waals surface area contributed by atoms with Crippen LogP contribution in [0.25, 0.3) is 0 Å². The zero-order valence-electron chi connectivity index (χ0n) is 12.8. The van der Waals surface area contributed by atoms with Crippen molar-refractivity contribution in [3.05, 3.63) is 27.7 Å². The lowest BCUT2D eigenvalue weighted by molar-refractivity contribution is -0.140. The molecule has 0 amide bonds. The summed E-state index contributed by atoms with van der Waals surface area (Å²) in [5.41, 5.74) is -0.855. The third-order valence-corrected chi connectivity index (χ3v) is 5.62. The van der Waals surface area contributed by atoms with Gasteiger partial charge in [-0.15, -0.1) is 22.7 Å². The van der Waals surface area contributed by atoms with E-state index >= 15 is 0 Å². The minimum absolute atomic E-state index is 0.203. The first-order valence-electron chi connectivity index (χ1n) is 6.97. The second-order valence-corrected chi connectivity index (χ2v) is 7.66. The lowest BCUT2D eigenvalue weighted by Crippen LogP contribution is -2.37. The Morgan fingerprint density at radius 1 is 1.33 bits per heavy atom. The van der Waals surface area contributed by atoms with E-state index in [1.165, 1.54) is 0 Å². The van der Waals surface area contributed by atoms with Crippen molar-refractivity contribution in [3.63, 3.8) is 0 Å². The molecular formula is C13H16F3N5S3. The van der Waals surface area contributed by atoms with Gasteiger partial charge in [0.05, 0.1) is 6.54 Å². The number of nitrogens with zero attached hydrogens (tertiary/aromatic N) is 3. The Hall–Kier alpha value is -1.33. The predicted octanol–water partition coefficient (Wildman–Crippen LogP) is 3.47. The topological polar surface area (TPSA) is 62.2 Å². The Morgan fingerprint density at radius 2 is 2.17 bits per heavy atom. The first-order valence-corrected chi connectivity index (χ1v) is 9.72. The maximum Gasteiger partial charge on any atom is 0.434 e. The number of aromatic nitrogens is 2. The Balaban J connectivity index is 1.66. The standard InChI is InChI=1S/C13H16F3N5S3/c1-17-11(18-3-2-5-22-12-19-4-6-23-12)20-7-10-21-9(8-24-10)13(14,15)16/h4,6,8H,2-3,5,7H2,1H3,(H2,17,18,20). The molecule has 2 rings (SSSR count). The number of thiazole rings is 2. The number of aliphatic imine (C=N–C) groups is 1. The molecular weight excluding hydrogens is 379 g/mol. The molecule has 132 valence electrons. The summed E-state index contributed by atoms with van der Waals surface area (Å²) < 4.78 is 38.5. The number of halogens is 3. The number of hydrogen-bond acceptors (Lipinski definition) is 6. The molecule has 0 bridgehead atoms. The molecule has 2 heterocycles. The van der Waals surface area contributed by atoms with Gasteiger partial charge in [-0.2, -0.15) is 13.2 Å². The SMILES string of the molecule is CN=C(NCCCSc1nccs1)NCc1nc(C(F)(F)F)cs1. The van der Waals surface area contributed by atoms with Crippen LogP contribution in [0.2, 0.25) is 0 Å². The van der Waals surface area contributed by atoms with Crippen molar-refractivity contribution in [2.75, 3.05) is 19.3 Å². The largest absolute Gasteiger partial charge is 0.434 e. The zero-order valence-corrected chi connectivity index (χ0v) is 15.2. The minimum Gasteiger partial charge on any atom is -0.356 e. The predicted molar refractivity (Wildman–Crippen MR) is 92.8 cm³/mol. The summed E-state index contributed by atoms with van der Waals surface area (Å²) in [5, 5.41) is 9.40. The van der Waals surface area contributed by atoms with Crippen molar-refractivity contribution in [2.45, 2.75) is 23.5 Å². The molecule has 0 atom stereocenters. The highest BCUT2D eigenvalue weighted by atomic mass is 32.2. The average molecular weight is 396 g/mol. The lowest BCUT2D eigenvalue weighted by Gasteiger charge is -2.10. The lowest BCUT2D eigenvalue weighted by atomic mass is 10.5. The molecule has 0 aliphatic rings. The summed E-state index contributed by atoms with van der Waals surface area (Å²) in [6.45, 7) is 0.915. The summed E-state index contributed by atoms with van der Waals surface area (Å²) in [5.74, 6) is 1.47.